The summed E-state index contributed by atoms with van der Waals surface area (Å²) in [5.41, 5.74) is -3.40. The van der Waals surface area contributed by atoms with Gasteiger partial charge in [-0.25, -0.2) is 18.2 Å². The number of piperidine rings is 1. The molecular weight excluding hydrogens is 640 g/mol. The molecule has 3 fully saturated rings. The normalized spacial score (nSPS) is 24.6. The predicted octanol–water partition coefficient (Wildman–Crippen LogP) is 6.31. The van der Waals surface area contributed by atoms with Crippen molar-refractivity contribution in [2.75, 3.05) is 37.7 Å². The Bertz CT molecular complexity index is 1960. The van der Waals surface area contributed by atoms with E-state index in [0.717, 1.165) is 12.5 Å². The number of aromatic nitrogens is 3. The van der Waals surface area contributed by atoms with Crippen LogP contribution in [0.3, 0.4) is 0 Å². The largest absolute Gasteiger partial charge is 0.574 e. The minimum Gasteiger partial charge on any atom is -0.461 e. The Morgan fingerprint density at radius 2 is 1.85 bits per heavy atom. The highest BCUT2D eigenvalue weighted by Crippen LogP contribution is 2.44. The number of hydrogen-bond donors (Lipinski definition) is 1. The number of anilines is 1. The van der Waals surface area contributed by atoms with Crippen LogP contribution in [0.5, 0.6) is 11.9 Å². The topological polar surface area (TPSA) is 83.8 Å². The molecule has 7 rings (SSSR count). The van der Waals surface area contributed by atoms with Gasteiger partial charge < -0.3 is 19.5 Å². The summed E-state index contributed by atoms with van der Waals surface area (Å²) in [7, 11) is 0. The Morgan fingerprint density at radius 3 is 2.60 bits per heavy atom. The van der Waals surface area contributed by atoms with Gasteiger partial charge >= 0.3 is 12.4 Å². The smallest absolute Gasteiger partial charge is 0.461 e. The number of benzene rings is 2. The summed E-state index contributed by atoms with van der Waals surface area (Å²) in [6, 6.07) is 6.66. The molecule has 0 saturated carbocycles. The molecule has 1 N–H and O–H groups in total. The number of halogens is 6. The van der Waals surface area contributed by atoms with Gasteiger partial charge in [0.2, 0.25) is 5.88 Å². The highest BCUT2D eigenvalue weighted by molar-refractivity contribution is 6.03. The van der Waals surface area contributed by atoms with Crippen molar-refractivity contribution in [3.63, 3.8) is 0 Å². The van der Waals surface area contributed by atoms with Crippen molar-refractivity contribution in [3.8, 4) is 35.5 Å². The predicted molar refractivity (Wildman–Crippen MR) is 165 cm³/mol. The number of terminal acetylenes is 1. The minimum absolute atomic E-state index is 0.0321. The van der Waals surface area contributed by atoms with Crippen molar-refractivity contribution in [2.45, 2.75) is 62.7 Å². The first-order chi connectivity index (χ1) is 22.8. The van der Waals surface area contributed by atoms with Crippen molar-refractivity contribution >= 4 is 27.5 Å². The molecule has 0 aliphatic carbocycles. The summed E-state index contributed by atoms with van der Waals surface area (Å²) in [5, 5.41) is 10.9. The molecule has 3 saturated heterocycles. The first-order valence-corrected chi connectivity index (χ1v) is 15.6. The van der Waals surface area contributed by atoms with Crippen molar-refractivity contribution in [2.24, 2.45) is 0 Å². The molecule has 3 atom stereocenters. The van der Waals surface area contributed by atoms with Crippen LogP contribution >= 0.6 is 0 Å². The number of fused-ring (bicyclic) bond motifs is 3. The fourth-order valence-electron chi connectivity index (χ4n) is 7.50. The second-order valence-electron chi connectivity index (χ2n) is 13.0. The second kappa shape index (κ2) is 11.7. The zero-order chi connectivity index (χ0) is 34.0. The number of rotatable bonds is 6. The van der Waals surface area contributed by atoms with Gasteiger partial charge in [0.05, 0.1) is 16.7 Å². The van der Waals surface area contributed by atoms with Gasteiger partial charge in [-0.3, -0.25) is 4.90 Å². The van der Waals surface area contributed by atoms with E-state index in [2.05, 4.69) is 25.6 Å². The number of ether oxygens (including phenoxy) is 2. The molecule has 2 aromatic carbocycles. The molecular formula is C34H31F6N5O3. The summed E-state index contributed by atoms with van der Waals surface area (Å²) in [5.74, 6) is -0.922. The molecule has 0 unspecified atom stereocenters. The molecule has 0 radical (unpaired) electrons. The van der Waals surface area contributed by atoms with Gasteiger partial charge in [0.25, 0.3) is 0 Å². The number of pyridine rings is 1. The van der Waals surface area contributed by atoms with Gasteiger partial charge in [0.1, 0.15) is 41.0 Å². The van der Waals surface area contributed by atoms with Crippen LogP contribution in [0.2, 0.25) is 0 Å². The highest BCUT2D eigenvalue weighted by Gasteiger charge is 2.49. The van der Waals surface area contributed by atoms with Gasteiger partial charge in [-0.1, -0.05) is 30.2 Å². The fraction of sp³-hybridized carbons (Fsp3) is 0.441. The van der Waals surface area contributed by atoms with Crippen LogP contribution in [-0.2, 0) is 0 Å². The third kappa shape index (κ3) is 5.72. The summed E-state index contributed by atoms with van der Waals surface area (Å²) in [6.45, 7) is 2.69. The Kier molecular flexibility index (Phi) is 7.83. The van der Waals surface area contributed by atoms with Crippen molar-refractivity contribution in [1.29, 1.82) is 0 Å². The van der Waals surface area contributed by atoms with E-state index in [4.69, 9.17) is 11.2 Å². The zero-order valence-corrected chi connectivity index (χ0v) is 25.9. The lowest BCUT2D eigenvalue weighted by Crippen LogP contribution is -2.46. The first-order valence-electron chi connectivity index (χ1n) is 15.6. The lowest BCUT2D eigenvalue weighted by Gasteiger charge is -2.38. The van der Waals surface area contributed by atoms with Crippen LogP contribution in [0.4, 0.5) is 32.2 Å². The Labute approximate surface area is 271 Å². The molecule has 2 aromatic heterocycles. The standard InChI is InChI=1S/C34H31F6N5O3/c1-3-21-23(36)10-9-19-7-4-8-22(24(19)21)27-26(37)28-25(30(41-27)48-34(38,39)40)29(44-13-5-11-32(2,46)17-44)43-31(42-28)47-18-33-12-6-14-45(33)16-20(35)15-33/h1,4,7-10,20,46H,5-6,11-18H2,2H3/t20-,32-,33+/m1/s1. The third-order valence-corrected chi connectivity index (χ3v) is 9.52. The Balaban J connectivity index is 1.47. The maximum Gasteiger partial charge on any atom is 0.574 e. The van der Waals surface area contributed by atoms with E-state index in [1.807, 2.05) is 4.90 Å². The highest BCUT2D eigenvalue weighted by atomic mass is 19.4. The van der Waals surface area contributed by atoms with Crippen LogP contribution in [0.15, 0.2) is 30.3 Å². The van der Waals surface area contributed by atoms with E-state index in [9.17, 15) is 27.1 Å². The van der Waals surface area contributed by atoms with E-state index in [1.54, 1.807) is 13.0 Å². The SMILES string of the molecule is C#Cc1c(F)ccc2cccc(-c3nc(OC(F)(F)F)c4c(N5CCC[C@@](C)(O)C5)nc(OC[C@@]56CCCN5C[C@H](F)C6)nc4c3F)c12. The summed E-state index contributed by atoms with van der Waals surface area (Å²) in [6.07, 6.45) is 1.87. The Morgan fingerprint density at radius 1 is 1.06 bits per heavy atom. The van der Waals surface area contributed by atoms with Crippen molar-refractivity contribution < 1.29 is 40.9 Å². The van der Waals surface area contributed by atoms with Gasteiger partial charge in [0, 0.05) is 37.0 Å². The Hall–Kier alpha value is -4.35. The number of nitrogens with zero attached hydrogens (tertiary/aromatic N) is 5. The number of hydrogen-bond acceptors (Lipinski definition) is 8. The number of alkyl halides is 4. The van der Waals surface area contributed by atoms with Gasteiger partial charge in [-0.05, 0) is 50.6 Å². The van der Waals surface area contributed by atoms with E-state index in [0.29, 0.717) is 31.2 Å². The number of β-amino-alcohol motifs (C(OH)–C–C–N with tert-alkyl or cyclic N) is 1. The maximum atomic E-state index is 16.9. The van der Waals surface area contributed by atoms with E-state index >= 15 is 4.39 Å². The molecule has 48 heavy (non-hydrogen) atoms. The third-order valence-electron chi connectivity index (χ3n) is 9.52. The molecule has 5 heterocycles. The van der Waals surface area contributed by atoms with Gasteiger partial charge in [0.15, 0.2) is 5.82 Å². The quantitative estimate of drug-likeness (QED) is 0.189. The van der Waals surface area contributed by atoms with E-state index in [-0.39, 0.29) is 61.0 Å². The fourth-order valence-corrected chi connectivity index (χ4v) is 7.50. The summed E-state index contributed by atoms with van der Waals surface area (Å²) in [4.78, 5) is 16.2. The lowest BCUT2D eigenvalue weighted by atomic mass is 9.94. The van der Waals surface area contributed by atoms with E-state index < -0.39 is 57.8 Å². The molecule has 0 amide bonds. The van der Waals surface area contributed by atoms with Gasteiger partial charge in [-0.2, -0.15) is 9.97 Å². The van der Waals surface area contributed by atoms with E-state index in [1.165, 1.54) is 23.1 Å². The first kappa shape index (κ1) is 32.2. The average Bonchev–Trinajstić information content (AvgIpc) is 3.55. The lowest BCUT2D eigenvalue weighted by molar-refractivity contribution is -0.275. The molecule has 3 aliphatic heterocycles. The number of aliphatic hydroxyl groups is 1. The zero-order valence-electron chi connectivity index (χ0n) is 25.9. The monoisotopic (exact) mass is 671 g/mol. The molecule has 252 valence electrons. The molecule has 0 spiro atoms. The molecule has 3 aliphatic rings. The molecule has 8 nitrogen and oxygen atoms in total. The molecule has 4 aromatic rings. The van der Waals surface area contributed by atoms with Crippen LogP contribution in [-0.4, -0.2) is 81.4 Å². The average molecular weight is 672 g/mol. The van der Waals surface area contributed by atoms with Crippen LogP contribution in [0, 0.1) is 24.0 Å². The summed E-state index contributed by atoms with van der Waals surface area (Å²) >= 11 is 0. The second-order valence-corrected chi connectivity index (χ2v) is 13.0. The molecule has 0 bridgehead atoms. The maximum absolute atomic E-state index is 16.9. The van der Waals surface area contributed by atoms with Crippen LogP contribution in [0.25, 0.3) is 32.9 Å². The summed E-state index contributed by atoms with van der Waals surface area (Å²) < 4.78 is 98.6. The van der Waals surface area contributed by atoms with Crippen molar-refractivity contribution in [1.82, 2.24) is 19.9 Å². The van der Waals surface area contributed by atoms with Crippen LogP contribution < -0.4 is 14.4 Å². The van der Waals surface area contributed by atoms with Gasteiger partial charge in [-0.15, -0.1) is 19.6 Å². The minimum atomic E-state index is -5.26. The van der Waals surface area contributed by atoms with Crippen LogP contribution in [0.1, 0.15) is 44.6 Å². The van der Waals surface area contributed by atoms with Crippen molar-refractivity contribution in [3.05, 3.63) is 47.5 Å². The molecule has 14 heteroatoms.